The zero-order valence-corrected chi connectivity index (χ0v) is 19.1. The summed E-state index contributed by atoms with van der Waals surface area (Å²) in [5.74, 6) is 1.08. The molecule has 2 rings (SSSR count). The Kier molecular flexibility index (Phi) is 9.68. The van der Waals surface area contributed by atoms with Crippen molar-refractivity contribution < 1.29 is 19.0 Å². The fourth-order valence-corrected chi connectivity index (χ4v) is 3.11. The molecule has 2 aromatic rings. The van der Waals surface area contributed by atoms with E-state index in [1.807, 2.05) is 45.0 Å². The second-order valence-electron chi connectivity index (χ2n) is 6.56. The maximum Gasteiger partial charge on any atom is 0.271 e. The van der Waals surface area contributed by atoms with Gasteiger partial charge in [-0.05, 0) is 64.4 Å². The van der Waals surface area contributed by atoms with Crippen molar-refractivity contribution in [2.75, 3.05) is 37.8 Å². The molecule has 0 unspecified atom stereocenters. The average Bonchev–Trinajstić information content (AvgIpc) is 2.78. The second kappa shape index (κ2) is 12.5. The van der Waals surface area contributed by atoms with Crippen LogP contribution in [0, 0.1) is 0 Å². The summed E-state index contributed by atoms with van der Waals surface area (Å²) in [5, 5.41) is 4.09. The van der Waals surface area contributed by atoms with Crippen molar-refractivity contribution >= 4 is 17.8 Å². The van der Waals surface area contributed by atoms with Crippen LogP contribution in [-0.2, 0) is 0 Å². The van der Waals surface area contributed by atoms with Gasteiger partial charge in [-0.1, -0.05) is 12.1 Å². The third-order valence-electron chi connectivity index (χ3n) is 4.57. The predicted molar refractivity (Wildman–Crippen MR) is 125 cm³/mol. The monoisotopic (exact) mass is 427 g/mol. The van der Waals surface area contributed by atoms with Crippen LogP contribution in [0.1, 0.15) is 50.5 Å². The molecule has 0 aliphatic rings. The molecule has 31 heavy (non-hydrogen) atoms. The lowest BCUT2D eigenvalue weighted by Crippen LogP contribution is -2.21. The summed E-state index contributed by atoms with van der Waals surface area (Å²) in [6, 6.07) is 11.3. The molecule has 0 heterocycles. The van der Waals surface area contributed by atoms with Crippen LogP contribution in [0.4, 0.5) is 5.69 Å². The Morgan fingerprint density at radius 1 is 0.903 bits per heavy atom. The fourth-order valence-electron chi connectivity index (χ4n) is 3.11. The van der Waals surface area contributed by atoms with E-state index in [1.165, 1.54) is 0 Å². The molecule has 0 atom stereocenters. The molecular formula is C24H33N3O4. The molecule has 0 aromatic heterocycles. The first-order valence-corrected chi connectivity index (χ1v) is 10.8. The number of carbonyl (C=O) groups is 1. The zero-order chi connectivity index (χ0) is 22.6. The Hall–Kier alpha value is -3.22. The number of benzene rings is 2. The van der Waals surface area contributed by atoms with E-state index in [2.05, 4.69) is 29.3 Å². The van der Waals surface area contributed by atoms with E-state index in [-0.39, 0.29) is 5.91 Å². The number of hydrogen-bond donors (Lipinski definition) is 1. The highest BCUT2D eigenvalue weighted by atomic mass is 16.5. The van der Waals surface area contributed by atoms with Gasteiger partial charge in [0.2, 0.25) is 5.75 Å². The summed E-state index contributed by atoms with van der Waals surface area (Å²) in [4.78, 5) is 14.9. The maximum atomic E-state index is 12.7. The highest BCUT2D eigenvalue weighted by molar-refractivity contribution is 5.96. The van der Waals surface area contributed by atoms with Gasteiger partial charge in [0.1, 0.15) is 0 Å². The number of rotatable bonds is 12. The van der Waals surface area contributed by atoms with Gasteiger partial charge in [-0.3, -0.25) is 4.79 Å². The second-order valence-corrected chi connectivity index (χ2v) is 6.56. The molecule has 0 aliphatic carbocycles. The number of hydrogen-bond acceptors (Lipinski definition) is 6. The molecule has 1 N–H and O–H groups in total. The summed E-state index contributed by atoms with van der Waals surface area (Å²) in [7, 11) is 0. The Balaban J connectivity index is 2.15. The van der Waals surface area contributed by atoms with Crippen LogP contribution in [0.3, 0.4) is 0 Å². The molecule has 1 amide bonds. The molecule has 0 spiro atoms. The molecule has 0 radical (unpaired) electrons. The van der Waals surface area contributed by atoms with Crippen molar-refractivity contribution in [3.63, 3.8) is 0 Å². The zero-order valence-electron chi connectivity index (χ0n) is 19.1. The van der Waals surface area contributed by atoms with Gasteiger partial charge >= 0.3 is 0 Å². The SMILES string of the molecule is CCOc1cc(C(=O)N/N=C\c2ccc(N(CC)CC)cc2)cc(OCC)c1OCC. The number of nitrogens with zero attached hydrogens (tertiary/aromatic N) is 2. The first-order chi connectivity index (χ1) is 15.1. The summed E-state index contributed by atoms with van der Waals surface area (Å²) < 4.78 is 17.0. The van der Waals surface area contributed by atoms with Gasteiger partial charge in [-0.15, -0.1) is 0 Å². The highest BCUT2D eigenvalue weighted by Crippen LogP contribution is 2.39. The smallest absolute Gasteiger partial charge is 0.271 e. The number of nitrogens with one attached hydrogen (secondary N) is 1. The van der Waals surface area contributed by atoms with Crippen molar-refractivity contribution in [1.82, 2.24) is 5.43 Å². The molecule has 0 fully saturated rings. The molecular weight excluding hydrogens is 394 g/mol. The minimum atomic E-state index is -0.360. The van der Waals surface area contributed by atoms with E-state index in [4.69, 9.17) is 14.2 Å². The van der Waals surface area contributed by atoms with Gasteiger partial charge in [-0.25, -0.2) is 5.43 Å². The average molecular weight is 428 g/mol. The summed E-state index contributed by atoms with van der Waals surface area (Å²) in [5.41, 5.74) is 5.00. The molecule has 0 bridgehead atoms. The van der Waals surface area contributed by atoms with Crippen LogP contribution >= 0.6 is 0 Å². The van der Waals surface area contributed by atoms with E-state index in [9.17, 15) is 4.79 Å². The lowest BCUT2D eigenvalue weighted by Gasteiger charge is -2.20. The summed E-state index contributed by atoms with van der Waals surface area (Å²) >= 11 is 0. The van der Waals surface area contributed by atoms with Crippen molar-refractivity contribution in [3.05, 3.63) is 47.5 Å². The molecule has 7 heteroatoms. The lowest BCUT2D eigenvalue weighted by molar-refractivity contribution is 0.0954. The maximum absolute atomic E-state index is 12.7. The van der Waals surface area contributed by atoms with Crippen LogP contribution in [0.15, 0.2) is 41.5 Å². The van der Waals surface area contributed by atoms with Crippen LogP contribution in [-0.4, -0.2) is 45.0 Å². The minimum Gasteiger partial charge on any atom is -0.490 e. The molecule has 7 nitrogen and oxygen atoms in total. The van der Waals surface area contributed by atoms with Gasteiger partial charge in [0, 0.05) is 24.3 Å². The fraction of sp³-hybridized carbons (Fsp3) is 0.417. The first kappa shape index (κ1) is 24.1. The van der Waals surface area contributed by atoms with E-state index in [0.717, 1.165) is 24.3 Å². The van der Waals surface area contributed by atoms with Crippen LogP contribution in [0.2, 0.25) is 0 Å². The number of amides is 1. The lowest BCUT2D eigenvalue weighted by atomic mass is 10.1. The van der Waals surface area contributed by atoms with Crippen LogP contribution in [0.25, 0.3) is 0 Å². The molecule has 0 saturated heterocycles. The molecule has 2 aromatic carbocycles. The van der Waals surface area contributed by atoms with E-state index >= 15 is 0 Å². The predicted octanol–water partition coefficient (Wildman–Crippen LogP) is 4.49. The Morgan fingerprint density at radius 2 is 1.45 bits per heavy atom. The van der Waals surface area contributed by atoms with Crippen molar-refractivity contribution in [3.8, 4) is 17.2 Å². The van der Waals surface area contributed by atoms with E-state index < -0.39 is 0 Å². The molecule has 0 saturated carbocycles. The van der Waals surface area contributed by atoms with Crippen molar-refractivity contribution in [2.24, 2.45) is 5.10 Å². The normalized spacial score (nSPS) is 10.7. The van der Waals surface area contributed by atoms with Crippen LogP contribution < -0.4 is 24.5 Å². The summed E-state index contributed by atoms with van der Waals surface area (Å²) in [6.45, 7) is 13.1. The summed E-state index contributed by atoms with van der Waals surface area (Å²) in [6.07, 6.45) is 1.62. The molecule has 168 valence electrons. The Labute approximate surface area is 185 Å². The van der Waals surface area contributed by atoms with Gasteiger partial charge in [0.15, 0.2) is 11.5 Å². The highest BCUT2D eigenvalue weighted by Gasteiger charge is 2.18. The quantitative estimate of drug-likeness (QED) is 0.399. The van der Waals surface area contributed by atoms with Crippen molar-refractivity contribution in [1.29, 1.82) is 0 Å². The third-order valence-corrected chi connectivity index (χ3v) is 4.57. The van der Waals surface area contributed by atoms with Crippen LogP contribution in [0.5, 0.6) is 17.2 Å². The van der Waals surface area contributed by atoms with Gasteiger partial charge in [-0.2, -0.15) is 5.10 Å². The Bertz CT molecular complexity index is 835. The third kappa shape index (κ3) is 6.64. The minimum absolute atomic E-state index is 0.360. The number of carbonyl (C=O) groups excluding carboxylic acids is 1. The molecule has 0 aliphatic heterocycles. The van der Waals surface area contributed by atoms with Gasteiger partial charge in [0.25, 0.3) is 5.91 Å². The first-order valence-electron chi connectivity index (χ1n) is 10.8. The number of ether oxygens (including phenoxy) is 3. The standard InChI is InChI=1S/C24H33N3O4/c1-6-27(7-2)20-13-11-18(12-14-20)17-25-26-24(28)19-15-21(29-8-3)23(31-10-5)22(16-19)30-9-4/h11-17H,6-10H2,1-5H3,(H,26,28)/b25-17-. The van der Waals surface area contributed by atoms with E-state index in [0.29, 0.717) is 42.6 Å². The van der Waals surface area contributed by atoms with Gasteiger partial charge < -0.3 is 19.1 Å². The van der Waals surface area contributed by atoms with Gasteiger partial charge in [0.05, 0.1) is 26.0 Å². The van der Waals surface area contributed by atoms with Crippen molar-refractivity contribution in [2.45, 2.75) is 34.6 Å². The largest absolute Gasteiger partial charge is 0.490 e. The topological polar surface area (TPSA) is 72.4 Å². The van der Waals surface area contributed by atoms with E-state index in [1.54, 1.807) is 18.3 Å². The number of anilines is 1. The number of hydrazone groups is 1. The Morgan fingerprint density at radius 3 is 1.94 bits per heavy atom.